The number of thioether (sulfide) groups is 1. The zero-order valence-electron chi connectivity index (χ0n) is 14.1. The van der Waals surface area contributed by atoms with Crippen LogP contribution in [0.4, 0.5) is 4.39 Å². The van der Waals surface area contributed by atoms with E-state index in [1.54, 1.807) is 12.1 Å². The number of phenols is 1. The maximum atomic E-state index is 13.3. The minimum atomic E-state index is -1.63. The van der Waals surface area contributed by atoms with Crippen LogP contribution in [0.2, 0.25) is 0 Å². The van der Waals surface area contributed by atoms with Gasteiger partial charge in [-0.05, 0) is 29.8 Å². The van der Waals surface area contributed by atoms with E-state index in [0.29, 0.717) is 21.7 Å². The van der Waals surface area contributed by atoms with E-state index in [-0.39, 0.29) is 23.8 Å². The van der Waals surface area contributed by atoms with Crippen molar-refractivity contribution in [1.82, 2.24) is 4.90 Å². The Bertz CT molecular complexity index is 999. The lowest BCUT2D eigenvalue weighted by atomic mass is 9.85. The molecule has 0 aromatic heterocycles. The molecule has 0 spiro atoms. The van der Waals surface area contributed by atoms with Gasteiger partial charge in [-0.1, -0.05) is 24.3 Å². The monoisotopic (exact) mass is 382 g/mol. The molecule has 2 aliphatic rings. The summed E-state index contributed by atoms with van der Waals surface area (Å²) in [5.74, 6) is -1.03. The van der Waals surface area contributed by atoms with Gasteiger partial charge >= 0.3 is 0 Å². The largest absolute Gasteiger partial charge is 0.508 e. The average Bonchev–Trinajstić information content (AvgIpc) is 3.01. The molecule has 0 unspecified atom stereocenters. The Kier molecular flexibility index (Phi) is 4.17. The van der Waals surface area contributed by atoms with Crippen LogP contribution in [-0.4, -0.2) is 26.8 Å². The Labute approximate surface area is 159 Å². The molecule has 0 aliphatic carbocycles. The molecule has 1 fully saturated rings. The molecule has 2 N–H and O–H groups in total. The summed E-state index contributed by atoms with van der Waals surface area (Å²) in [6.45, 7) is 0. The van der Waals surface area contributed by atoms with Gasteiger partial charge in [-0.2, -0.15) is 5.26 Å². The first-order valence-electron chi connectivity index (χ1n) is 8.31. The van der Waals surface area contributed by atoms with Crippen molar-refractivity contribution in [2.75, 3.05) is 5.75 Å². The molecule has 2 aromatic rings. The van der Waals surface area contributed by atoms with Gasteiger partial charge in [-0.25, -0.2) is 4.39 Å². The van der Waals surface area contributed by atoms with Crippen LogP contribution in [0.15, 0.2) is 59.1 Å². The third kappa shape index (κ3) is 2.78. The molecule has 0 bridgehead atoms. The van der Waals surface area contributed by atoms with Gasteiger partial charge in [0.25, 0.3) is 0 Å². The predicted octanol–water partition coefficient (Wildman–Crippen LogP) is 3.17. The molecule has 136 valence electrons. The second-order valence-corrected chi connectivity index (χ2v) is 7.49. The molecule has 1 saturated heterocycles. The van der Waals surface area contributed by atoms with E-state index in [1.165, 1.54) is 53.1 Å². The van der Waals surface area contributed by atoms with Crippen molar-refractivity contribution in [3.8, 4) is 11.8 Å². The summed E-state index contributed by atoms with van der Waals surface area (Å²) >= 11 is 1.23. The number of allylic oxidation sites excluding steroid dienone is 1. The highest BCUT2D eigenvalue weighted by Gasteiger charge is 2.51. The number of benzene rings is 2. The molecule has 7 heteroatoms. The Morgan fingerprint density at radius 3 is 2.67 bits per heavy atom. The van der Waals surface area contributed by atoms with Gasteiger partial charge in [0.2, 0.25) is 5.91 Å². The Hall–Kier alpha value is -2.82. The number of hydrogen-bond acceptors (Lipinski definition) is 5. The molecule has 4 rings (SSSR count). The summed E-state index contributed by atoms with van der Waals surface area (Å²) in [7, 11) is 0. The van der Waals surface area contributed by atoms with Crippen LogP contribution < -0.4 is 0 Å². The summed E-state index contributed by atoms with van der Waals surface area (Å²) < 4.78 is 13.3. The fourth-order valence-corrected chi connectivity index (χ4v) is 4.94. The smallest absolute Gasteiger partial charge is 0.231 e. The second-order valence-electron chi connectivity index (χ2n) is 6.52. The van der Waals surface area contributed by atoms with Gasteiger partial charge in [-0.3, -0.25) is 9.69 Å². The Morgan fingerprint density at radius 2 is 2.00 bits per heavy atom. The van der Waals surface area contributed by atoms with Crippen molar-refractivity contribution in [3.05, 3.63) is 76.1 Å². The number of fused-ring (bicyclic) bond motifs is 1. The molecule has 0 saturated carbocycles. The maximum Gasteiger partial charge on any atom is 0.231 e. The zero-order valence-corrected chi connectivity index (χ0v) is 14.9. The number of carbonyl (C=O) groups is 1. The predicted molar refractivity (Wildman–Crippen MR) is 97.7 cm³/mol. The van der Waals surface area contributed by atoms with Crippen LogP contribution in [0, 0.1) is 17.1 Å². The quantitative estimate of drug-likeness (QED) is 0.833. The first kappa shape index (κ1) is 17.6. The molecule has 2 aliphatic heterocycles. The van der Waals surface area contributed by atoms with Crippen molar-refractivity contribution in [3.63, 3.8) is 0 Å². The highest BCUT2D eigenvalue weighted by molar-refractivity contribution is 8.03. The molecular weight excluding hydrogens is 367 g/mol. The fourth-order valence-electron chi connectivity index (χ4n) is 3.58. The highest BCUT2D eigenvalue weighted by atomic mass is 32.2. The number of carbonyl (C=O) groups excluding carboxylic acids is 1. The van der Waals surface area contributed by atoms with Crippen LogP contribution >= 0.6 is 11.8 Å². The number of rotatable bonds is 2. The highest BCUT2D eigenvalue weighted by Crippen LogP contribution is 2.51. The number of aliphatic hydroxyl groups is 1. The van der Waals surface area contributed by atoms with Gasteiger partial charge in [0.05, 0.1) is 22.4 Å². The molecule has 0 radical (unpaired) electrons. The van der Waals surface area contributed by atoms with Crippen molar-refractivity contribution >= 4 is 17.7 Å². The second kappa shape index (κ2) is 6.41. The Morgan fingerprint density at radius 1 is 1.26 bits per heavy atom. The lowest BCUT2D eigenvalue weighted by Crippen LogP contribution is -2.48. The van der Waals surface area contributed by atoms with Gasteiger partial charge in [0.15, 0.2) is 5.72 Å². The topological polar surface area (TPSA) is 84.6 Å². The van der Waals surface area contributed by atoms with E-state index < -0.39 is 17.5 Å². The third-order valence-corrected chi connectivity index (χ3v) is 6.11. The van der Waals surface area contributed by atoms with Gasteiger partial charge in [0, 0.05) is 17.9 Å². The molecule has 1 amide bonds. The molecule has 27 heavy (non-hydrogen) atoms. The van der Waals surface area contributed by atoms with Crippen molar-refractivity contribution in [2.24, 2.45) is 0 Å². The van der Waals surface area contributed by atoms with Gasteiger partial charge in [0.1, 0.15) is 11.6 Å². The first-order chi connectivity index (χ1) is 12.9. The molecule has 5 nitrogen and oxygen atoms in total. The summed E-state index contributed by atoms with van der Waals surface area (Å²) in [6.07, 6.45) is -0.0000879. The number of hydrogen-bond donors (Lipinski definition) is 2. The number of aromatic hydroxyl groups is 1. The number of nitrogens with zero attached hydrogens (tertiary/aromatic N) is 2. The summed E-state index contributed by atoms with van der Waals surface area (Å²) in [5, 5.41) is 31.1. The summed E-state index contributed by atoms with van der Waals surface area (Å²) in [4.78, 5) is 14.2. The summed E-state index contributed by atoms with van der Waals surface area (Å²) in [5.41, 5.74) is -0.183. The standard InChI is InChI=1S/C20H15FN2O3S/c21-14-6-4-13(5-7-14)20(26)11-27-19-17(10-22)16(9-18(25)23(19)20)12-2-1-3-15(24)8-12/h1-8,16,24,26H,9,11H2/t16-,20-/m1/s1. The normalized spacial score (nSPS) is 24.7. The van der Waals surface area contributed by atoms with Crippen LogP contribution in [0.5, 0.6) is 5.75 Å². The van der Waals surface area contributed by atoms with E-state index in [9.17, 15) is 24.7 Å². The minimum absolute atomic E-state index is 0.0000879. The molecular formula is C20H15FN2O3S. The lowest BCUT2D eigenvalue weighted by molar-refractivity contribution is -0.149. The molecule has 2 atom stereocenters. The SMILES string of the molecule is N#CC1=C2SC[C@@](O)(c3ccc(F)cc3)N2C(=O)C[C@@H]1c1cccc(O)c1. The van der Waals surface area contributed by atoms with E-state index in [1.807, 2.05) is 0 Å². The van der Waals surface area contributed by atoms with Crippen LogP contribution in [0.3, 0.4) is 0 Å². The maximum absolute atomic E-state index is 13.3. The fraction of sp³-hybridized carbons (Fsp3) is 0.200. The molecule has 2 aromatic carbocycles. The first-order valence-corrected chi connectivity index (χ1v) is 9.30. The number of phenolic OH excluding ortho intramolecular Hbond substituents is 1. The van der Waals surface area contributed by atoms with Crippen LogP contribution in [-0.2, 0) is 10.5 Å². The van der Waals surface area contributed by atoms with Crippen molar-refractivity contribution < 1.29 is 19.4 Å². The van der Waals surface area contributed by atoms with Crippen molar-refractivity contribution in [2.45, 2.75) is 18.1 Å². The minimum Gasteiger partial charge on any atom is -0.508 e. The van der Waals surface area contributed by atoms with E-state index in [0.717, 1.165) is 0 Å². The lowest BCUT2D eigenvalue weighted by Gasteiger charge is -2.38. The van der Waals surface area contributed by atoms with Gasteiger partial charge in [-0.15, -0.1) is 11.8 Å². The van der Waals surface area contributed by atoms with Crippen molar-refractivity contribution in [1.29, 1.82) is 5.26 Å². The third-order valence-electron chi connectivity index (χ3n) is 4.89. The zero-order chi connectivity index (χ0) is 19.2. The number of amides is 1. The average molecular weight is 382 g/mol. The molecule has 2 heterocycles. The van der Waals surface area contributed by atoms with E-state index in [2.05, 4.69) is 6.07 Å². The van der Waals surface area contributed by atoms with Gasteiger partial charge < -0.3 is 10.2 Å². The Balaban J connectivity index is 1.81. The number of nitriles is 1. The van der Waals surface area contributed by atoms with Crippen LogP contribution in [0.25, 0.3) is 0 Å². The van der Waals surface area contributed by atoms with Crippen LogP contribution in [0.1, 0.15) is 23.5 Å². The van der Waals surface area contributed by atoms with E-state index in [4.69, 9.17) is 0 Å². The summed E-state index contributed by atoms with van der Waals surface area (Å²) in [6, 6.07) is 14.0. The number of halogens is 1. The van der Waals surface area contributed by atoms with E-state index >= 15 is 0 Å².